The number of hydrogen-bond donors (Lipinski definition) is 1. The van der Waals surface area contributed by atoms with Gasteiger partial charge in [0.25, 0.3) is 11.8 Å². The summed E-state index contributed by atoms with van der Waals surface area (Å²) >= 11 is 0. The number of methoxy groups -OCH3 is 1. The summed E-state index contributed by atoms with van der Waals surface area (Å²) in [5.74, 6) is 0.504. The van der Waals surface area contributed by atoms with Crippen LogP contribution in [0.25, 0.3) is 0 Å². The molecular weight excluding hydrogens is 352 g/mol. The van der Waals surface area contributed by atoms with Gasteiger partial charge in [0, 0.05) is 29.9 Å². The van der Waals surface area contributed by atoms with E-state index in [1.54, 1.807) is 43.5 Å². The Hall–Kier alpha value is -2.82. The topological polar surface area (TPSA) is 58.6 Å². The van der Waals surface area contributed by atoms with Gasteiger partial charge in [0.2, 0.25) is 0 Å². The van der Waals surface area contributed by atoms with Crippen LogP contribution in [-0.2, 0) is 0 Å². The van der Waals surface area contributed by atoms with Crippen LogP contribution in [0.4, 0.5) is 5.69 Å². The fourth-order valence-corrected chi connectivity index (χ4v) is 3.70. The van der Waals surface area contributed by atoms with Crippen LogP contribution in [-0.4, -0.2) is 36.9 Å². The molecule has 1 fully saturated rings. The molecule has 0 aromatic heterocycles. The van der Waals surface area contributed by atoms with Crippen LogP contribution in [0.1, 0.15) is 58.4 Å². The van der Waals surface area contributed by atoms with Gasteiger partial charge in [-0.1, -0.05) is 25.3 Å². The van der Waals surface area contributed by atoms with Gasteiger partial charge in [0.05, 0.1) is 7.11 Å². The number of carbonyl (C=O) groups excluding carboxylic acids is 2. The molecule has 0 saturated heterocycles. The van der Waals surface area contributed by atoms with Gasteiger partial charge in [-0.05, 0) is 61.7 Å². The second-order valence-corrected chi connectivity index (χ2v) is 7.42. The molecular formula is C23H28N2O3. The molecule has 28 heavy (non-hydrogen) atoms. The number of ether oxygens (including phenoxy) is 1. The Morgan fingerprint density at radius 3 is 2.29 bits per heavy atom. The highest BCUT2D eigenvalue weighted by molar-refractivity contribution is 6.05. The number of anilines is 1. The quantitative estimate of drug-likeness (QED) is 0.821. The van der Waals surface area contributed by atoms with E-state index in [1.165, 1.54) is 19.3 Å². The van der Waals surface area contributed by atoms with Crippen molar-refractivity contribution in [3.8, 4) is 5.75 Å². The first-order valence-electron chi connectivity index (χ1n) is 9.83. The molecule has 0 heterocycles. The van der Waals surface area contributed by atoms with Crippen molar-refractivity contribution in [2.24, 2.45) is 0 Å². The maximum absolute atomic E-state index is 12.7. The van der Waals surface area contributed by atoms with Gasteiger partial charge in [-0.2, -0.15) is 0 Å². The third-order valence-corrected chi connectivity index (χ3v) is 5.50. The van der Waals surface area contributed by atoms with Crippen molar-refractivity contribution < 1.29 is 14.3 Å². The van der Waals surface area contributed by atoms with E-state index < -0.39 is 0 Å². The third kappa shape index (κ3) is 4.53. The first kappa shape index (κ1) is 19.9. The lowest BCUT2D eigenvalue weighted by Crippen LogP contribution is -2.38. The molecule has 1 aliphatic carbocycles. The fraction of sp³-hybridized carbons (Fsp3) is 0.391. The smallest absolute Gasteiger partial charge is 0.255 e. The van der Waals surface area contributed by atoms with Crippen LogP contribution in [0, 0.1) is 6.92 Å². The predicted molar refractivity (Wildman–Crippen MR) is 111 cm³/mol. The van der Waals surface area contributed by atoms with Crippen molar-refractivity contribution >= 4 is 17.5 Å². The number of aryl methyl sites for hydroxylation is 1. The number of amides is 2. The summed E-state index contributed by atoms with van der Waals surface area (Å²) in [6.45, 7) is 1.93. The van der Waals surface area contributed by atoms with Crippen LogP contribution in [0.5, 0.6) is 5.75 Å². The summed E-state index contributed by atoms with van der Waals surface area (Å²) in [5.41, 5.74) is 2.80. The molecule has 2 aromatic carbocycles. The number of carbonyl (C=O) groups is 2. The maximum atomic E-state index is 12.7. The second kappa shape index (κ2) is 8.91. The Kier molecular flexibility index (Phi) is 6.34. The molecule has 5 heteroatoms. The molecule has 148 valence electrons. The van der Waals surface area contributed by atoms with Crippen molar-refractivity contribution in [3.63, 3.8) is 0 Å². The van der Waals surface area contributed by atoms with Gasteiger partial charge in [0.15, 0.2) is 0 Å². The highest BCUT2D eigenvalue weighted by Crippen LogP contribution is 2.24. The van der Waals surface area contributed by atoms with Crippen LogP contribution < -0.4 is 10.1 Å². The largest absolute Gasteiger partial charge is 0.496 e. The minimum absolute atomic E-state index is 0.0352. The summed E-state index contributed by atoms with van der Waals surface area (Å²) in [5, 5.41) is 2.87. The van der Waals surface area contributed by atoms with E-state index in [-0.39, 0.29) is 11.8 Å². The molecule has 1 aliphatic rings. The molecule has 5 nitrogen and oxygen atoms in total. The standard InChI is InChI=1S/C23H28N2O3/c1-16-9-10-18(15-21(16)28-3)22(26)24-19-13-11-17(12-14-19)23(27)25(2)20-7-5-4-6-8-20/h9-15,20H,4-8H2,1-3H3,(H,24,26). The second-order valence-electron chi connectivity index (χ2n) is 7.42. The third-order valence-electron chi connectivity index (χ3n) is 5.50. The molecule has 1 saturated carbocycles. The zero-order valence-corrected chi connectivity index (χ0v) is 16.8. The molecule has 0 spiro atoms. The molecule has 3 rings (SSSR count). The van der Waals surface area contributed by atoms with Crippen molar-refractivity contribution in [3.05, 3.63) is 59.2 Å². The molecule has 0 atom stereocenters. The summed E-state index contributed by atoms with van der Waals surface area (Å²) in [6.07, 6.45) is 5.81. The monoisotopic (exact) mass is 380 g/mol. The normalized spacial score (nSPS) is 14.4. The van der Waals surface area contributed by atoms with E-state index in [4.69, 9.17) is 4.74 Å². The van der Waals surface area contributed by atoms with E-state index in [2.05, 4.69) is 5.32 Å². The summed E-state index contributed by atoms with van der Waals surface area (Å²) < 4.78 is 5.28. The van der Waals surface area contributed by atoms with Crippen LogP contribution >= 0.6 is 0 Å². The number of nitrogens with zero attached hydrogens (tertiary/aromatic N) is 1. The Balaban J connectivity index is 1.65. The van der Waals surface area contributed by atoms with Gasteiger partial charge in [0.1, 0.15) is 5.75 Å². The molecule has 2 aromatic rings. The lowest BCUT2D eigenvalue weighted by atomic mass is 9.94. The van der Waals surface area contributed by atoms with Gasteiger partial charge in [-0.15, -0.1) is 0 Å². The van der Waals surface area contributed by atoms with Gasteiger partial charge in [-0.3, -0.25) is 9.59 Å². The van der Waals surface area contributed by atoms with Crippen LogP contribution in [0.2, 0.25) is 0 Å². The number of hydrogen-bond acceptors (Lipinski definition) is 3. The zero-order chi connectivity index (χ0) is 20.1. The van der Waals surface area contributed by atoms with E-state index in [1.807, 2.05) is 24.9 Å². The van der Waals surface area contributed by atoms with E-state index in [9.17, 15) is 9.59 Å². The van der Waals surface area contributed by atoms with E-state index >= 15 is 0 Å². The van der Waals surface area contributed by atoms with Gasteiger partial charge >= 0.3 is 0 Å². The Labute approximate surface area is 166 Å². The van der Waals surface area contributed by atoms with Crippen molar-refractivity contribution in [1.29, 1.82) is 0 Å². The van der Waals surface area contributed by atoms with Crippen LogP contribution in [0.3, 0.4) is 0 Å². The zero-order valence-electron chi connectivity index (χ0n) is 16.8. The number of benzene rings is 2. The fourth-order valence-electron chi connectivity index (χ4n) is 3.70. The minimum atomic E-state index is -0.211. The lowest BCUT2D eigenvalue weighted by molar-refractivity contribution is 0.0696. The number of rotatable bonds is 5. The summed E-state index contributed by atoms with van der Waals surface area (Å²) in [7, 11) is 3.48. The summed E-state index contributed by atoms with van der Waals surface area (Å²) in [6, 6.07) is 12.8. The predicted octanol–water partition coefficient (Wildman–Crippen LogP) is 4.66. The molecule has 0 aliphatic heterocycles. The van der Waals surface area contributed by atoms with Crippen molar-refractivity contribution in [1.82, 2.24) is 4.90 Å². The Morgan fingerprint density at radius 2 is 1.64 bits per heavy atom. The van der Waals surface area contributed by atoms with Gasteiger partial charge in [-0.25, -0.2) is 0 Å². The first-order valence-corrected chi connectivity index (χ1v) is 9.83. The Bertz CT molecular complexity index is 839. The highest BCUT2D eigenvalue weighted by Gasteiger charge is 2.23. The first-order chi connectivity index (χ1) is 13.5. The average Bonchev–Trinajstić information content (AvgIpc) is 2.74. The molecule has 2 amide bonds. The van der Waals surface area contributed by atoms with Gasteiger partial charge < -0.3 is 15.0 Å². The van der Waals surface area contributed by atoms with Crippen LogP contribution in [0.15, 0.2) is 42.5 Å². The van der Waals surface area contributed by atoms with E-state index in [0.29, 0.717) is 28.6 Å². The lowest BCUT2D eigenvalue weighted by Gasteiger charge is -2.31. The molecule has 0 radical (unpaired) electrons. The van der Waals surface area contributed by atoms with Crippen molar-refractivity contribution in [2.75, 3.05) is 19.5 Å². The molecule has 0 bridgehead atoms. The Morgan fingerprint density at radius 1 is 1.00 bits per heavy atom. The van der Waals surface area contributed by atoms with E-state index in [0.717, 1.165) is 18.4 Å². The molecule has 0 unspecified atom stereocenters. The number of nitrogens with one attached hydrogen (secondary N) is 1. The molecule has 1 N–H and O–H groups in total. The summed E-state index contributed by atoms with van der Waals surface area (Å²) in [4.78, 5) is 27.1. The average molecular weight is 380 g/mol. The van der Waals surface area contributed by atoms with Crippen molar-refractivity contribution in [2.45, 2.75) is 45.1 Å². The SMILES string of the molecule is COc1cc(C(=O)Nc2ccc(C(=O)N(C)C3CCCCC3)cc2)ccc1C. The maximum Gasteiger partial charge on any atom is 0.255 e. The minimum Gasteiger partial charge on any atom is -0.496 e. The highest BCUT2D eigenvalue weighted by atomic mass is 16.5.